The molecule has 3 rings (SSSR count). The van der Waals surface area contributed by atoms with Crippen LogP contribution in [-0.2, 0) is 30.1 Å². The van der Waals surface area contributed by atoms with Gasteiger partial charge in [-0.25, -0.2) is 4.79 Å². The van der Waals surface area contributed by atoms with E-state index >= 15 is 8.78 Å². The van der Waals surface area contributed by atoms with Gasteiger partial charge in [0.2, 0.25) is 12.0 Å². The number of carbonyl (C=O) groups excluding carboxylic acids is 1. The average molecular weight is 423 g/mol. The molecule has 2 amide bonds. The van der Waals surface area contributed by atoms with Crippen LogP contribution in [-0.4, -0.2) is 47.6 Å². The van der Waals surface area contributed by atoms with Crippen LogP contribution in [0.15, 0.2) is 29.7 Å². The maximum absolute atomic E-state index is 15.2. The summed E-state index contributed by atoms with van der Waals surface area (Å²) in [5, 5.41) is 5.64. The molecule has 4 atom stereocenters. The highest BCUT2D eigenvalue weighted by Gasteiger charge is 2.72. The lowest BCUT2D eigenvalue weighted by Crippen LogP contribution is -2.54. The molecule has 148 valence electrons. The number of hydrogen-bond donors (Lipinski definition) is 1. The number of carbonyl (C=O) groups is 1. The van der Waals surface area contributed by atoms with E-state index in [0.717, 1.165) is 6.20 Å². The second-order valence-corrected chi connectivity index (χ2v) is 9.13. The maximum Gasteiger partial charge on any atom is 0.328 e. The summed E-state index contributed by atoms with van der Waals surface area (Å²) >= 11 is 5.13. The van der Waals surface area contributed by atoms with E-state index in [-0.39, 0.29) is 5.70 Å². The standard InChI is InChI=1S/C13H16F2N5O5PS/c1-7(2)24-26(27)22-6-12(18-19-16)9(25-26)13(14,15)10(23-12)20-5-4-8(3)17-11(20)21/h4-5,7,9-10H,3,6H2,1-2H3,(H,17,21)/t9-,10-,12-,26?/m1/s1. The van der Waals surface area contributed by atoms with E-state index in [1.54, 1.807) is 13.8 Å². The lowest BCUT2D eigenvalue weighted by molar-refractivity contribution is -0.145. The van der Waals surface area contributed by atoms with Crippen molar-refractivity contribution < 1.29 is 31.9 Å². The van der Waals surface area contributed by atoms with Gasteiger partial charge in [-0.1, -0.05) is 11.7 Å². The summed E-state index contributed by atoms with van der Waals surface area (Å²) in [6.45, 7) is 2.64. The van der Waals surface area contributed by atoms with Crippen LogP contribution in [0.4, 0.5) is 13.6 Å². The Morgan fingerprint density at radius 3 is 2.93 bits per heavy atom. The fourth-order valence-electron chi connectivity index (χ4n) is 2.76. The number of allylic oxidation sites excluding steroid dienone is 1. The van der Waals surface area contributed by atoms with E-state index in [2.05, 4.69) is 21.9 Å². The highest BCUT2D eigenvalue weighted by molar-refractivity contribution is 8.07. The van der Waals surface area contributed by atoms with E-state index in [1.165, 1.54) is 6.08 Å². The minimum absolute atomic E-state index is 0.222. The highest BCUT2D eigenvalue weighted by Crippen LogP contribution is 2.62. The second kappa shape index (κ2) is 6.78. The number of ether oxygens (including phenoxy) is 1. The molecule has 2 fully saturated rings. The summed E-state index contributed by atoms with van der Waals surface area (Å²) < 4.78 is 51.7. The molecule has 0 spiro atoms. The Balaban J connectivity index is 1.99. The summed E-state index contributed by atoms with van der Waals surface area (Å²) in [4.78, 5) is 15.3. The molecule has 0 aliphatic carbocycles. The molecule has 1 unspecified atom stereocenters. The third-order valence-corrected chi connectivity index (χ3v) is 6.24. The molecule has 10 nitrogen and oxygen atoms in total. The van der Waals surface area contributed by atoms with Crippen LogP contribution < -0.4 is 5.32 Å². The van der Waals surface area contributed by atoms with Crippen molar-refractivity contribution in [2.45, 2.75) is 43.9 Å². The van der Waals surface area contributed by atoms with E-state index in [4.69, 9.17) is 35.6 Å². The fourth-order valence-corrected chi connectivity index (χ4v) is 5.29. The van der Waals surface area contributed by atoms with Crippen molar-refractivity contribution in [3.63, 3.8) is 0 Å². The fraction of sp³-hybridized carbons (Fsp3) is 0.615. The van der Waals surface area contributed by atoms with E-state index in [1.807, 2.05) is 0 Å². The number of urea groups is 1. The summed E-state index contributed by atoms with van der Waals surface area (Å²) in [5.41, 5.74) is 6.85. The van der Waals surface area contributed by atoms with Crippen LogP contribution in [0.2, 0.25) is 0 Å². The minimum Gasteiger partial charge on any atom is -0.333 e. The molecule has 0 aromatic carbocycles. The number of amides is 2. The monoisotopic (exact) mass is 423 g/mol. The van der Waals surface area contributed by atoms with Gasteiger partial charge in [0.15, 0.2) is 6.10 Å². The summed E-state index contributed by atoms with van der Waals surface area (Å²) in [6.07, 6.45) is -2.27. The molecule has 2 saturated heterocycles. The van der Waals surface area contributed by atoms with Gasteiger partial charge in [-0.15, -0.1) is 0 Å². The third-order valence-electron chi connectivity index (χ3n) is 3.81. The number of nitrogens with one attached hydrogen (secondary N) is 1. The molecule has 0 radical (unpaired) electrons. The minimum atomic E-state index is -3.79. The first-order valence-electron chi connectivity index (χ1n) is 7.73. The number of halogens is 2. The van der Waals surface area contributed by atoms with Gasteiger partial charge in [-0.2, -0.15) is 8.78 Å². The molecule has 1 N–H and O–H groups in total. The number of alkyl halides is 2. The van der Waals surface area contributed by atoms with Crippen molar-refractivity contribution >= 4 is 24.6 Å². The zero-order valence-electron chi connectivity index (χ0n) is 14.2. The molecule has 3 heterocycles. The zero-order valence-corrected chi connectivity index (χ0v) is 16.0. The Hall–Kier alpha value is -1.59. The Morgan fingerprint density at radius 1 is 1.63 bits per heavy atom. The summed E-state index contributed by atoms with van der Waals surface area (Å²) in [6, 6.07) is -0.888. The van der Waals surface area contributed by atoms with Gasteiger partial charge in [0.25, 0.3) is 0 Å². The topological polar surface area (TPSA) is 118 Å². The molecule has 0 aromatic rings. The molecule has 0 saturated carbocycles. The Labute approximate surface area is 157 Å². The van der Waals surface area contributed by atoms with Gasteiger partial charge in [0, 0.05) is 16.8 Å². The number of fused-ring (bicyclic) bond motifs is 1. The molecular weight excluding hydrogens is 407 g/mol. The Morgan fingerprint density at radius 2 is 2.33 bits per heavy atom. The highest BCUT2D eigenvalue weighted by atomic mass is 32.5. The molecule has 0 aromatic heterocycles. The van der Waals surface area contributed by atoms with E-state index in [0.29, 0.717) is 4.90 Å². The number of azide groups is 1. The number of rotatable bonds is 4. The summed E-state index contributed by atoms with van der Waals surface area (Å²) in [5.74, 6) is -3.79. The van der Waals surface area contributed by atoms with Crippen molar-refractivity contribution in [1.29, 1.82) is 0 Å². The summed E-state index contributed by atoms with van der Waals surface area (Å²) in [7, 11) is 0. The molecule has 14 heteroatoms. The van der Waals surface area contributed by atoms with E-state index in [9.17, 15) is 4.79 Å². The van der Waals surface area contributed by atoms with Crippen molar-refractivity contribution in [2.24, 2.45) is 5.11 Å². The second-order valence-electron chi connectivity index (χ2n) is 6.22. The van der Waals surface area contributed by atoms with Gasteiger partial charge in [0.1, 0.15) is 0 Å². The van der Waals surface area contributed by atoms with E-state index < -0.39 is 49.4 Å². The SMILES string of the molecule is C=C1C=CN([C@@H]2O[C@]3(N=[N+]=[N-])COP(=S)(OC(C)C)O[C@H]3C2(F)F)C(=O)N1. The zero-order chi connectivity index (χ0) is 20.0. The van der Waals surface area contributed by atoms with Gasteiger partial charge >= 0.3 is 18.7 Å². The van der Waals surface area contributed by atoms with Crippen molar-refractivity contribution in [1.82, 2.24) is 10.2 Å². The van der Waals surface area contributed by atoms with Gasteiger partial charge < -0.3 is 19.1 Å². The molecule has 3 aliphatic heterocycles. The van der Waals surface area contributed by atoms with Crippen molar-refractivity contribution in [3.8, 4) is 0 Å². The Bertz CT molecular complexity index is 804. The van der Waals surface area contributed by atoms with Crippen LogP contribution in [0.1, 0.15) is 13.8 Å². The number of nitrogens with zero attached hydrogens (tertiary/aromatic N) is 4. The first-order chi connectivity index (χ1) is 12.5. The van der Waals surface area contributed by atoms with Gasteiger partial charge in [-0.3, -0.25) is 9.42 Å². The normalized spacial score (nSPS) is 37.7. The van der Waals surface area contributed by atoms with Gasteiger partial charge in [-0.05, 0) is 37.3 Å². The van der Waals surface area contributed by atoms with Gasteiger partial charge in [0.05, 0.1) is 12.7 Å². The average Bonchev–Trinajstić information content (AvgIpc) is 2.76. The first-order valence-corrected chi connectivity index (χ1v) is 10.3. The van der Waals surface area contributed by atoms with Crippen LogP contribution >= 0.6 is 6.72 Å². The van der Waals surface area contributed by atoms with Crippen molar-refractivity contribution in [2.75, 3.05) is 6.61 Å². The molecule has 27 heavy (non-hydrogen) atoms. The largest absolute Gasteiger partial charge is 0.333 e. The molecular formula is C13H16F2N5O5PS. The first kappa shape index (κ1) is 20.2. The molecule has 0 bridgehead atoms. The van der Waals surface area contributed by atoms with Crippen molar-refractivity contribution in [3.05, 3.63) is 35.0 Å². The smallest absolute Gasteiger partial charge is 0.328 e. The third kappa shape index (κ3) is 3.47. The van der Waals surface area contributed by atoms with Crippen LogP contribution in [0.5, 0.6) is 0 Å². The predicted octanol–water partition coefficient (Wildman–Crippen LogP) is 3.10. The quantitative estimate of drug-likeness (QED) is 0.321. The molecule has 3 aliphatic rings. The lowest BCUT2D eigenvalue weighted by atomic mass is 10.0. The number of hydrogen-bond acceptors (Lipinski definition) is 7. The predicted molar refractivity (Wildman–Crippen MR) is 91.7 cm³/mol. The van der Waals surface area contributed by atoms with Crippen LogP contribution in [0, 0.1) is 0 Å². The van der Waals surface area contributed by atoms with Crippen LogP contribution in [0.3, 0.4) is 0 Å². The lowest BCUT2D eigenvalue weighted by Gasteiger charge is -2.39. The maximum atomic E-state index is 15.2. The van der Waals surface area contributed by atoms with Crippen LogP contribution in [0.25, 0.3) is 10.4 Å². The Kier molecular flexibility index (Phi) is 5.06.